The Balaban J connectivity index is 8.32. The number of halogens is 17. The van der Waals surface area contributed by atoms with Crippen molar-refractivity contribution >= 4 is 6.57 Å². The molecule has 0 aromatic carbocycles. The van der Waals surface area contributed by atoms with Crippen molar-refractivity contribution < 1.29 is 74.3 Å². The standard InChI is InChI=1S/C8H2F17NP/c9-3(10,11)6(18,19)27(24,25,2-1-26,7(20,21)4(12,13)14)8(22,23)5(15,16)17/h2H2/q-1. The van der Waals surface area contributed by atoms with Crippen LogP contribution in [0.2, 0.25) is 0 Å². The molecule has 0 radical (unpaired) electrons. The first-order chi connectivity index (χ1) is 11.2. The van der Waals surface area contributed by atoms with E-state index in [9.17, 15) is 74.3 Å². The molecule has 0 amide bonds. The Bertz CT molecular complexity index is 580. The monoisotopic (exact) mass is 466 g/mol. The Hall–Kier alpha value is -1.27. The Morgan fingerprint density at radius 2 is 0.704 bits per heavy atom. The number of alkyl halides is 15. The molecule has 0 saturated heterocycles. The van der Waals surface area contributed by atoms with Crippen LogP contribution >= 0.6 is 6.57 Å². The molecule has 0 aliphatic carbocycles. The summed E-state index contributed by atoms with van der Waals surface area (Å²) in [4.78, 5) is 0. The number of hydrogen-bond donors (Lipinski definition) is 0. The molecular weight excluding hydrogens is 464 g/mol. The average molecular weight is 466 g/mol. The second-order valence-electron chi connectivity index (χ2n) is 5.05. The maximum absolute atomic E-state index is 14.5. The van der Waals surface area contributed by atoms with Crippen molar-refractivity contribution in [3.63, 3.8) is 0 Å². The maximum atomic E-state index is 14.5. The van der Waals surface area contributed by atoms with E-state index in [0.29, 0.717) is 0 Å². The van der Waals surface area contributed by atoms with Crippen LogP contribution in [0.1, 0.15) is 0 Å². The van der Waals surface area contributed by atoms with Gasteiger partial charge in [-0.1, -0.05) is 0 Å². The van der Waals surface area contributed by atoms with Crippen LogP contribution in [0.15, 0.2) is 0 Å². The van der Waals surface area contributed by atoms with Crippen molar-refractivity contribution in [2.45, 2.75) is 35.5 Å². The van der Waals surface area contributed by atoms with Crippen LogP contribution in [-0.2, 0) is 0 Å². The molecule has 0 unspecified atom stereocenters. The van der Waals surface area contributed by atoms with Gasteiger partial charge in [0, 0.05) is 0 Å². The summed E-state index contributed by atoms with van der Waals surface area (Å²) in [5.74, 6) is 0. The number of nitriles is 1. The molecule has 0 saturated carbocycles. The van der Waals surface area contributed by atoms with Crippen LogP contribution in [0.5, 0.6) is 0 Å². The van der Waals surface area contributed by atoms with Crippen LogP contribution in [0.25, 0.3) is 0 Å². The van der Waals surface area contributed by atoms with Gasteiger partial charge in [0.1, 0.15) is 0 Å². The summed E-state index contributed by atoms with van der Waals surface area (Å²) in [6.45, 7) is -13.9. The van der Waals surface area contributed by atoms with E-state index in [1.807, 2.05) is 0 Å². The second kappa shape index (κ2) is 5.20. The molecule has 0 aliphatic heterocycles. The van der Waals surface area contributed by atoms with Gasteiger partial charge in [-0.3, -0.25) is 0 Å². The molecular formula is C8H2F17NP-. The molecule has 164 valence electrons. The third-order valence-electron chi connectivity index (χ3n) is 3.53. The zero-order chi connectivity index (χ0) is 22.8. The van der Waals surface area contributed by atoms with Crippen LogP contribution in [0.3, 0.4) is 0 Å². The molecule has 0 rings (SSSR count). The van der Waals surface area contributed by atoms with Crippen molar-refractivity contribution in [1.29, 1.82) is 5.26 Å². The normalized spacial score (nSPS) is 18.5. The van der Waals surface area contributed by atoms with Crippen molar-refractivity contribution in [2.24, 2.45) is 0 Å². The Morgan fingerprint density at radius 1 is 0.519 bits per heavy atom. The summed E-state index contributed by atoms with van der Waals surface area (Å²) in [6, 6.07) is -0.905. The molecule has 0 heterocycles. The SMILES string of the molecule is N#CC[P-](F)(F)(C(F)(F)C(F)(F)F)(C(F)(F)C(F)(F)F)C(F)(F)C(F)(F)F. The van der Waals surface area contributed by atoms with E-state index in [1.54, 1.807) is 0 Å². The van der Waals surface area contributed by atoms with Crippen LogP contribution in [-0.4, -0.2) is 41.7 Å². The van der Waals surface area contributed by atoms with Gasteiger partial charge in [0.15, 0.2) is 0 Å². The van der Waals surface area contributed by atoms with E-state index in [-0.39, 0.29) is 0 Å². The van der Waals surface area contributed by atoms with Crippen molar-refractivity contribution in [2.75, 3.05) is 6.16 Å². The van der Waals surface area contributed by atoms with E-state index in [4.69, 9.17) is 5.26 Å². The first kappa shape index (κ1) is 25.7. The molecule has 0 aromatic heterocycles. The molecule has 0 bridgehead atoms. The molecule has 1 nitrogen and oxygen atoms in total. The van der Waals surface area contributed by atoms with Crippen LogP contribution in [0.4, 0.5) is 74.3 Å². The molecule has 27 heavy (non-hydrogen) atoms. The van der Waals surface area contributed by atoms with E-state index in [1.165, 1.54) is 0 Å². The van der Waals surface area contributed by atoms with Gasteiger partial charge in [0.2, 0.25) is 0 Å². The minimum absolute atomic E-state index is 0.905. The Kier molecular flexibility index (Phi) is 4.96. The summed E-state index contributed by atoms with van der Waals surface area (Å²) in [7, 11) is 0. The number of hydrogen-bond acceptors (Lipinski definition) is 1. The van der Waals surface area contributed by atoms with Crippen molar-refractivity contribution in [3.8, 4) is 6.07 Å². The molecule has 0 N–H and O–H groups in total. The first-order valence-electron chi connectivity index (χ1n) is 5.49. The van der Waals surface area contributed by atoms with Crippen LogP contribution < -0.4 is 0 Å². The Labute approximate surface area is 135 Å². The third-order valence-corrected chi connectivity index (χ3v) is 9.29. The summed E-state index contributed by atoms with van der Waals surface area (Å²) in [6.07, 6.45) is -30.5. The summed E-state index contributed by atoms with van der Waals surface area (Å²) in [5.41, 5.74) is -27.9. The quantitative estimate of drug-likeness (QED) is 0.329. The van der Waals surface area contributed by atoms with Gasteiger partial charge >= 0.3 is 134 Å². The van der Waals surface area contributed by atoms with Gasteiger partial charge in [0.05, 0.1) is 0 Å². The molecule has 0 spiro atoms. The number of rotatable bonds is 4. The van der Waals surface area contributed by atoms with Gasteiger partial charge in [-0.05, 0) is 0 Å². The summed E-state index contributed by atoms with van der Waals surface area (Å²) < 4.78 is 220. The zero-order valence-corrected chi connectivity index (χ0v) is 12.4. The van der Waals surface area contributed by atoms with Gasteiger partial charge in [-0.15, -0.1) is 0 Å². The van der Waals surface area contributed by atoms with E-state index >= 15 is 0 Å². The first-order valence-corrected chi connectivity index (χ1v) is 8.14. The van der Waals surface area contributed by atoms with Crippen molar-refractivity contribution in [1.82, 2.24) is 0 Å². The molecule has 0 aliphatic rings. The van der Waals surface area contributed by atoms with Crippen LogP contribution in [0, 0.1) is 11.3 Å². The minimum atomic E-state index is -13.9. The predicted molar refractivity (Wildman–Crippen MR) is 52.6 cm³/mol. The van der Waals surface area contributed by atoms with Gasteiger partial charge in [0.25, 0.3) is 0 Å². The fourth-order valence-electron chi connectivity index (χ4n) is 1.92. The van der Waals surface area contributed by atoms with Gasteiger partial charge in [-0.2, -0.15) is 0 Å². The van der Waals surface area contributed by atoms with E-state index in [2.05, 4.69) is 0 Å². The Morgan fingerprint density at radius 3 is 0.815 bits per heavy atom. The summed E-state index contributed by atoms with van der Waals surface area (Å²) in [5, 5.41) is 7.82. The molecule has 0 aromatic rings. The zero-order valence-electron chi connectivity index (χ0n) is 11.5. The molecule has 0 atom stereocenters. The fraction of sp³-hybridized carbons (Fsp3) is 0.875. The van der Waals surface area contributed by atoms with Crippen molar-refractivity contribution in [3.05, 3.63) is 0 Å². The van der Waals surface area contributed by atoms with E-state index in [0.717, 1.165) is 0 Å². The second-order valence-corrected chi connectivity index (χ2v) is 10.3. The molecule has 0 fully saturated rings. The fourth-order valence-corrected chi connectivity index (χ4v) is 5.77. The summed E-state index contributed by atoms with van der Waals surface area (Å²) >= 11 is 0. The average Bonchev–Trinajstić information content (AvgIpc) is 2.34. The predicted octanol–water partition coefficient (Wildman–Crippen LogP) is 6.83. The van der Waals surface area contributed by atoms with Gasteiger partial charge < -0.3 is 0 Å². The van der Waals surface area contributed by atoms with E-state index < -0.39 is 54.3 Å². The topological polar surface area (TPSA) is 23.8 Å². The molecule has 19 heteroatoms. The van der Waals surface area contributed by atoms with Gasteiger partial charge in [-0.25, -0.2) is 0 Å². The third kappa shape index (κ3) is 2.17. The number of nitrogens with zero attached hydrogens (tertiary/aromatic N) is 1.